The van der Waals surface area contributed by atoms with Crippen LogP contribution >= 0.6 is 0 Å². The molecule has 0 aliphatic carbocycles. The van der Waals surface area contributed by atoms with Gasteiger partial charge < -0.3 is 16.4 Å². The maximum atomic E-state index is 12.0. The third kappa shape index (κ3) is 6.67. The molecule has 7 nitrogen and oxygen atoms in total. The first-order chi connectivity index (χ1) is 12.9. The fourth-order valence-corrected chi connectivity index (χ4v) is 3.12. The molecule has 0 bridgehead atoms. The molecular weight excluding hydrogens is 344 g/mol. The predicted molar refractivity (Wildman–Crippen MR) is 105 cm³/mol. The number of piperidine rings is 1. The van der Waals surface area contributed by atoms with E-state index in [9.17, 15) is 14.4 Å². The molecule has 0 aromatic heterocycles. The first kappa shape index (κ1) is 20.9. The summed E-state index contributed by atoms with van der Waals surface area (Å²) >= 11 is 0. The normalized spacial score (nSPS) is 18.5. The Bertz CT molecular complexity index is 660. The van der Waals surface area contributed by atoms with Crippen LogP contribution in [0.25, 0.3) is 0 Å². The van der Waals surface area contributed by atoms with E-state index in [1.807, 2.05) is 38.1 Å². The van der Waals surface area contributed by atoms with E-state index in [1.54, 1.807) is 0 Å². The van der Waals surface area contributed by atoms with Crippen molar-refractivity contribution in [2.75, 3.05) is 25.0 Å². The highest BCUT2D eigenvalue weighted by atomic mass is 16.2. The Hall–Kier alpha value is -2.41. The number of nitrogens with zero attached hydrogens (tertiary/aromatic N) is 1. The van der Waals surface area contributed by atoms with Gasteiger partial charge in [0.15, 0.2) is 0 Å². The molecule has 1 heterocycles. The standard InChI is InChI=1S/C20H30N4O3/c1-3-14(2)20(27)22-11-18(25)23-17-8-6-15(7-9-17)12-24-10-4-5-16(13-24)19(21)26/h6-9,14,16H,3-5,10-13H2,1-2H3,(H2,21,26)(H,22,27)(H,23,25). The largest absolute Gasteiger partial charge is 0.369 e. The molecule has 0 saturated carbocycles. The molecule has 1 saturated heterocycles. The number of primary amides is 1. The van der Waals surface area contributed by atoms with E-state index in [-0.39, 0.29) is 36.1 Å². The van der Waals surface area contributed by atoms with Crippen LogP contribution in [-0.2, 0) is 20.9 Å². The lowest BCUT2D eigenvalue weighted by molar-refractivity contribution is -0.126. The molecule has 1 aromatic rings. The zero-order valence-corrected chi connectivity index (χ0v) is 16.2. The second-order valence-electron chi connectivity index (χ2n) is 7.25. The van der Waals surface area contributed by atoms with Crippen LogP contribution < -0.4 is 16.4 Å². The van der Waals surface area contributed by atoms with Crippen molar-refractivity contribution in [1.82, 2.24) is 10.2 Å². The summed E-state index contributed by atoms with van der Waals surface area (Å²) < 4.78 is 0. The summed E-state index contributed by atoms with van der Waals surface area (Å²) in [5.74, 6) is -0.749. The summed E-state index contributed by atoms with van der Waals surface area (Å²) in [7, 11) is 0. The van der Waals surface area contributed by atoms with E-state index >= 15 is 0 Å². The molecule has 1 aliphatic heterocycles. The van der Waals surface area contributed by atoms with Crippen molar-refractivity contribution in [3.05, 3.63) is 29.8 Å². The van der Waals surface area contributed by atoms with Gasteiger partial charge in [0, 0.05) is 24.7 Å². The number of anilines is 1. The number of benzene rings is 1. The highest BCUT2D eigenvalue weighted by Crippen LogP contribution is 2.19. The van der Waals surface area contributed by atoms with Gasteiger partial charge in [0.2, 0.25) is 17.7 Å². The van der Waals surface area contributed by atoms with Gasteiger partial charge in [-0.1, -0.05) is 26.0 Å². The van der Waals surface area contributed by atoms with E-state index in [2.05, 4.69) is 15.5 Å². The van der Waals surface area contributed by atoms with Gasteiger partial charge in [-0.25, -0.2) is 0 Å². The Kier molecular flexibility index (Phi) is 7.79. The van der Waals surface area contributed by atoms with Crippen molar-refractivity contribution in [1.29, 1.82) is 0 Å². The van der Waals surface area contributed by atoms with Crippen molar-refractivity contribution >= 4 is 23.4 Å². The van der Waals surface area contributed by atoms with Crippen LogP contribution in [0.5, 0.6) is 0 Å². The lowest BCUT2D eigenvalue weighted by Gasteiger charge is -2.31. The second-order valence-corrected chi connectivity index (χ2v) is 7.25. The molecular formula is C20H30N4O3. The molecule has 0 spiro atoms. The Morgan fingerprint density at radius 1 is 1.26 bits per heavy atom. The van der Waals surface area contributed by atoms with Crippen molar-refractivity contribution in [2.24, 2.45) is 17.6 Å². The van der Waals surface area contributed by atoms with E-state index in [1.165, 1.54) is 0 Å². The van der Waals surface area contributed by atoms with Crippen LogP contribution in [0.15, 0.2) is 24.3 Å². The lowest BCUT2D eigenvalue weighted by Crippen LogP contribution is -2.40. The Morgan fingerprint density at radius 3 is 2.59 bits per heavy atom. The molecule has 3 amide bonds. The van der Waals surface area contributed by atoms with E-state index in [4.69, 9.17) is 5.73 Å². The summed E-state index contributed by atoms with van der Waals surface area (Å²) in [6.07, 6.45) is 2.58. The smallest absolute Gasteiger partial charge is 0.243 e. The third-order valence-corrected chi connectivity index (χ3v) is 5.03. The average Bonchev–Trinajstić information content (AvgIpc) is 2.67. The molecule has 2 unspecified atom stereocenters. The molecule has 27 heavy (non-hydrogen) atoms. The number of likely N-dealkylation sites (tertiary alicyclic amines) is 1. The molecule has 4 N–H and O–H groups in total. The third-order valence-electron chi connectivity index (χ3n) is 5.03. The summed E-state index contributed by atoms with van der Waals surface area (Å²) in [5, 5.41) is 5.42. The number of hydrogen-bond donors (Lipinski definition) is 3. The lowest BCUT2D eigenvalue weighted by atomic mass is 9.97. The SMILES string of the molecule is CCC(C)C(=O)NCC(=O)Nc1ccc(CN2CCCC(C(N)=O)C2)cc1. The van der Waals surface area contributed by atoms with Gasteiger partial charge in [-0.05, 0) is 43.5 Å². The zero-order chi connectivity index (χ0) is 19.8. The van der Waals surface area contributed by atoms with Crippen LogP contribution in [0.2, 0.25) is 0 Å². The molecule has 0 radical (unpaired) electrons. The van der Waals surface area contributed by atoms with Gasteiger partial charge in [0.05, 0.1) is 12.5 Å². The predicted octanol–water partition coefficient (Wildman–Crippen LogP) is 1.48. The van der Waals surface area contributed by atoms with Gasteiger partial charge in [-0.3, -0.25) is 19.3 Å². The Balaban J connectivity index is 1.80. The molecule has 1 fully saturated rings. The number of carbonyl (C=O) groups excluding carboxylic acids is 3. The quantitative estimate of drug-likeness (QED) is 0.641. The van der Waals surface area contributed by atoms with Crippen LogP contribution in [-0.4, -0.2) is 42.3 Å². The number of carbonyl (C=O) groups is 3. The average molecular weight is 374 g/mol. The van der Waals surface area contributed by atoms with Gasteiger partial charge in [0.25, 0.3) is 0 Å². The van der Waals surface area contributed by atoms with Crippen molar-refractivity contribution in [2.45, 2.75) is 39.7 Å². The number of rotatable bonds is 8. The van der Waals surface area contributed by atoms with Crippen molar-refractivity contribution < 1.29 is 14.4 Å². The van der Waals surface area contributed by atoms with E-state index in [0.29, 0.717) is 12.2 Å². The fourth-order valence-electron chi connectivity index (χ4n) is 3.12. The monoisotopic (exact) mass is 374 g/mol. The molecule has 2 atom stereocenters. The fraction of sp³-hybridized carbons (Fsp3) is 0.550. The Morgan fingerprint density at radius 2 is 1.96 bits per heavy atom. The number of nitrogens with one attached hydrogen (secondary N) is 2. The van der Waals surface area contributed by atoms with Crippen molar-refractivity contribution in [3.63, 3.8) is 0 Å². The number of nitrogens with two attached hydrogens (primary N) is 1. The van der Waals surface area contributed by atoms with Gasteiger partial charge in [-0.15, -0.1) is 0 Å². The molecule has 2 rings (SSSR count). The zero-order valence-electron chi connectivity index (χ0n) is 16.2. The number of hydrogen-bond acceptors (Lipinski definition) is 4. The number of amides is 3. The van der Waals surface area contributed by atoms with Crippen LogP contribution in [0.3, 0.4) is 0 Å². The van der Waals surface area contributed by atoms with E-state index in [0.717, 1.165) is 37.9 Å². The highest BCUT2D eigenvalue weighted by molar-refractivity contribution is 5.94. The first-order valence-electron chi connectivity index (χ1n) is 9.57. The topological polar surface area (TPSA) is 105 Å². The maximum absolute atomic E-state index is 12.0. The van der Waals surface area contributed by atoms with Gasteiger partial charge >= 0.3 is 0 Å². The van der Waals surface area contributed by atoms with Crippen LogP contribution in [0.4, 0.5) is 5.69 Å². The van der Waals surface area contributed by atoms with Gasteiger partial charge in [0.1, 0.15) is 0 Å². The summed E-state index contributed by atoms with van der Waals surface area (Å²) in [5.41, 5.74) is 7.23. The minimum Gasteiger partial charge on any atom is -0.369 e. The van der Waals surface area contributed by atoms with E-state index < -0.39 is 0 Å². The molecule has 1 aliphatic rings. The minimum absolute atomic E-state index is 0.0345. The van der Waals surface area contributed by atoms with Crippen molar-refractivity contribution in [3.8, 4) is 0 Å². The summed E-state index contributed by atoms with van der Waals surface area (Å²) in [6, 6.07) is 7.61. The Labute approximate surface area is 160 Å². The first-order valence-corrected chi connectivity index (χ1v) is 9.57. The van der Waals surface area contributed by atoms with Crippen LogP contribution in [0.1, 0.15) is 38.7 Å². The highest BCUT2D eigenvalue weighted by Gasteiger charge is 2.23. The summed E-state index contributed by atoms with van der Waals surface area (Å²) in [4.78, 5) is 37.3. The molecule has 7 heteroatoms. The summed E-state index contributed by atoms with van der Waals surface area (Å²) in [6.45, 7) is 6.14. The second kappa shape index (κ2) is 10.1. The molecule has 1 aromatic carbocycles. The minimum atomic E-state index is -0.250. The maximum Gasteiger partial charge on any atom is 0.243 e. The van der Waals surface area contributed by atoms with Gasteiger partial charge in [-0.2, -0.15) is 0 Å². The molecule has 148 valence electrons. The van der Waals surface area contributed by atoms with Crippen LogP contribution in [0, 0.1) is 11.8 Å².